The predicted octanol–water partition coefficient (Wildman–Crippen LogP) is 1.41. The summed E-state index contributed by atoms with van der Waals surface area (Å²) in [5, 5.41) is 4.36. The van der Waals surface area contributed by atoms with E-state index in [2.05, 4.69) is 5.10 Å². The molecule has 88 valence electrons. The van der Waals surface area contributed by atoms with E-state index in [0.29, 0.717) is 12.5 Å². The zero-order valence-corrected chi connectivity index (χ0v) is 10.4. The van der Waals surface area contributed by atoms with E-state index in [9.17, 15) is 4.79 Å². The summed E-state index contributed by atoms with van der Waals surface area (Å²) >= 11 is 0. The molecule has 1 aliphatic rings. The van der Waals surface area contributed by atoms with Crippen LogP contribution < -0.4 is 0 Å². The minimum atomic E-state index is 0.280. The van der Waals surface area contributed by atoms with Crippen LogP contribution in [0.3, 0.4) is 0 Å². The quantitative estimate of drug-likeness (QED) is 0.774. The average Bonchev–Trinajstić information content (AvgIpc) is 3.03. The monoisotopic (exact) mass is 221 g/mol. The summed E-state index contributed by atoms with van der Waals surface area (Å²) < 4.78 is 1.88. The summed E-state index contributed by atoms with van der Waals surface area (Å²) in [7, 11) is 3.82. The third-order valence-corrected chi connectivity index (χ3v) is 3.36. The van der Waals surface area contributed by atoms with Crippen molar-refractivity contribution in [3.8, 4) is 0 Å². The topological polar surface area (TPSA) is 38.1 Å². The van der Waals surface area contributed by atoms with Gasteiger partial charge in [-0.15, -0.1) is 0 Å². The van der Waals surface area contributed by atoms with Gasteiger partial charge in [-0.1, -0.05) is 0 Å². The van der Waals surface area contributed by atoms with Crippen LogP contribution in [0.4, 0.5) is 0 Å². The molecular formula is C12H19N3O. The zero-order chi connectivity index (χ0) is 11.9. The second-order valence-corrected chi connectivity index (χ2v) is 4.74. The van der Waals surface area contributed by atoms with E-state index in [1.54, 1.807) is 0 Å². The van der Waals surface area contributed by atoms with Crippen molar-refractivity contribution in [2.24, 2.45) is 13.0 Å². The summed E-state index contributed by atoms with van der Waals surface area (Å²) in [6, 6.07) is 0. The zero-order valence-electron chi connectivity index (χ0n) is 10.4. The Bertz CT molecular complexity index is 418. The Kier molecular flexibility index (Phi) is 2.74. The van der Waals surface area contributed by atoms with Gasteiger partial charge in [-0.2, -0.15) is 5.10 Å². The second-order valence-electron chi connectivity index (χ2n) is 4.74. The van der Waals surface area contributed by atoms with Crippen molar-refractivity contribution in [2.45, 2.75) is 33.2 Å². The Hall–Kier alpha value is -1.32. The number of nitrogens with zero attached hydrogens (tertiary/aromatic N) is 3. The highest BCUT2D eigenvalue weighted by atomic mass is 16.2. The molecule has 0 N–H and O–H groups in total. The van der Waals surface area contributed by atoms with Crippen molar-refractivity contribution in [1.82, 2.24) is 14.7 Å². The number of carbonyl (C=O) groups excluding carboxylic acids is 1. The second kappa shape index (κ2) is 3.92. The summed E-state index contributed by atoms with van der Waals surface area (Å²) in [5.41, 5.74) is 3.35. The fourth-order valence-electron chi connectivity index (χ4n) is 2.00. The van der Waals surface area contributed by atoms with Crippen molar-refractivity contribution >= 4 is 5.91 Å². The molecule has 1 heterocycles. The maximum Gasteiger partial charge on any atom is 0.225 e. The normalized spacial score (nSPS) is 15.2. The maximum absolute atomic E-state index is 11.8. The lowest BCUT2D eigenvalue weighted by Gasteiger charge is -2.17. The Morgan fingerprint density at radius 3 is 2.56 bits per heavy atom. The van der Waals surface area contributed by atoms with E-state index in [-0.39, 0.29) is 5.91 Å². The van der Waals surface area contributed by atoms with Crippen LogP contribution in [0, 0.1) is 19.8 Å². The molecule has 4 nitrogen and oxygen atoms in total. The number of hydrogen-bond donors (Lipinski definition) is 0. The molecule has 4 heteroatoms. The van der Waals surface area contributed by atoms with Gasteiger partial charge < -0.3 is 4.90 Å². The van der Waals surface area contributed by atoms with Gasteiger partial charge in [-0.05, 0) is 26.7 Å². The maximum atomic E-state index is 11.8. The van der Waals surface area contributed by atoms with Crippen molar-refractivity contribution in [3.05, 3.63) is 17.0 Å². The van der Waals surface area contributed by atoms with Crippen LogP contribution in [-0.4, -0.2) is 27.6 Å². The molecule has 2 rings (SSSR count). The summed E-state index contributed by atoms with van der Waals surface area (Å²) in [4.78, 5) is 13.7. The third-order valence-electron chi connectivity index (χ3n) is 3.36. The molecule has 1 amide bonds. The molecule has 1 fully saturated rings. The average molecular weight is 221 g/mol. The molecule has 0 spiro atoms. The Morgan fingerprint density at radius 1 is 1.50 bits per heavy atom. The van der Waals surface area contributed by atoms with E-state index < -0.39 is 0 Å². The SMILES string of the molecule is Cc1nn(C)c(C)c1CN(C)C(=O)C1CC1. The molecule has 0 radical (unpaired) electrons. The number of aromatic nitrogens is 2. The standard InChI is InChI=1S/C12H19N3O/c1-8-11(9(2)15(4)13-8)7-14(3)12(16)10-5-6-10/h10H,5-7H2,1-4H3. The first-order valence-corrected chi connectivity index (χ1v) is 5.74. The van der Waals surface area contributed by atoms with Gasteiger partial charge in [0, 0.05) is 37.8 Å². The molecule has 0 saturated heterocycles. The van der Waals surface area contributed by atoms with Crippen LogP contribution in [0.1, 0.15) is 29.8 Å². The van der Waals surface area contributed by atoms with Crippen molar-refractivity contribution in [2.75, 3.05) is 7.05 Å². The van der Waals surface area contributed by atoms with Crippen molar-refractivity contribution < 1.29 is 4.79 Å². The molecule has 0 aliphatic heterocycles. The van der Waals surface area contributed by atoms with Gasteiger partial charge in [0.15, 0.2) is 0 Å². The highest BCUT2D eigenvalue weighted by molar-refractivity contribution is 5.80. The lowest BCUT2D eigenvalue weighted by Crippen LogP contribution is -2.27. The van der Waals surface area contributed by atoms with Gasteiger partial charge >= 0.3 is 0 Å². The molecule has 1 aliphatic carbocycles. The van der Waals surface area contributed by atoms with Crippen molar-refractivity contribution in [3.63, 3.8) is 0 Å². The Labute approximate surface area is 96.2 Å². The predicted molar refractivity (Wildman–Crippen MR) is 61.9 cm³/mol. The highest BCUT2D eigenvalue weighted by Gasteiger charge is 2.32. The number of carbonyl (C=O) groups is 1. The molecule has 1 aromatic rings. The third kappa shape index (κ3) is 1.96. The van der Waals surface area contributed by atoms with E-state index in [0.717, 1.165) is 24.2 Å². The van der Waals surface area contributed by atoms with Crippen LogP contribution >= 0.6 is 0 Å². The molecular weight excluding hydrogens is 202 g/mol. The number of amides is 1. The minimum Gasteiger partial charge on any atom is -0.341 e. The lowest BCUT2D eigenvalue weighted by atomic mass is 10.2. The summed E-state index contributed by atoms with van der Waals surface area (Å²) in [6.07, 6.45) is 2.13. The van der Waals surface area contributed by atoms with Crippen LogP contribution in [0.25, 0.3) is 0 Å². The molecule has 16 heavy (non-hydrogen) atoms. The van der Waals surface area contributed by atoms with Crippen LogP contribution in [0.15, 0.2) is 0 Å². The number of hydrogen-bond acceptors (Lipinski definition) is 2. The van der Waals surface area contributed by atoms with Gasteiger partial charge in [-0.3, -0.25) is 9.48 Å². The minimum absolute atomic E-state index is 0.280. The number of rotatable bonds is 3. The van der Waals surface area contributed by atoms with Gasteiger partial charge in [0.2, 0.25) is 5.91 Å². The van der Waals surface area contributed by atoms with E-state index in [1.165, 1.54) is 5.56 Å². The highest BCUT2D eigenvalue weighted by Crippen LogP contribution is 2.31. The fourth-order valence-corrected chi connectivity index (χ4v) is 2.00. The first kappa shape index (κ1) is 11.2. The fraction of sp³-hybridized carbons (Fsp3) is 0.667. The van der Waals surface area contributed by atoms with Crippen LogP contribution in [0.5, 0.6) is 0 Å². The van der Waals surface area contributed by atoms with E-state index in [1.807, 2.05) is 37.5 Å². The van der Waals surface area contributed by atoms with Gasteiger partial charge in [0.1, 0.15) is 0 Å². The van der Waals surface area contributed by atoms with Crippen LogP contribution in [-0.2, 0) is 18.4 Å². The Balaban J connectivity index is 2.10. The van der Waals surface area contributed by atoms with Gasteiger partial charge in [-0.25, -0.2) is 0 Å². The lowest BCUT2D eigenvalue weighted by molar-refractivity contribution is -0.131. The molecule has 0 unspecified atom stereocenters. The first-order chi connectivity index (χ1) is 7.50. The molecule has 0 bridgehead atoms. The molecule has 1 aromatic heterocycles. The molecule has 0 atom stereocenters. The van der Waals surface area contributed by atoms with Crippen LogP contribution in [0.2, 0.25) is 0 Å². The number of aryl methyl sites for hydroxylation is 2. The van der Waals surface area contributed by atoms with E-state index >= 15 is 0 Å². The smallest absolute Gasteiger partial charge is 0.225 e. The van der Waals surface area contributed by atoms with Crippen molar-refractivity contribution in [1.29, 1.82) is 0 Å². The first-order valence-electron chi connectivity index (χ1n) is 5.74. The van der Waals surface area contributed by atoms with Gasteiger partial charge in [0.05, 0.1) is 5.69 Å². The summed E-state index contributed by atoms with van der Waals surface area (Å²) in [6.45, 7) is 4.73. The van der Waals surface area contributed by atoms with E-state index in [4.69, 9.17) is 0 Å². The largest absolute Gasteiger partial charge is 0.341 e. The summed E-state index contributed by atoms with van der Waals surface area (Å²) in [5.74, 6) is 0.574. The molecule has 0 aromatic carbocycles. The Morgan fingerprint density at radius 2 is 2.12 bits per heavy atom. The molecule has 1 saturated carbocycles. The van der Waals surface area contributed by atoms with Gasteiger partial charge in [0.25, 0.3) is 0 Å².